The van der Waals surface area contributed by atoms with E-state index in [1.807, 2.05) is 24.3 Å². The predicted octanol–water partition coefficient (Wildman–Crippen LogP) is 2.18. The number of nitrogens with two attached hydrogens (primary N) is 1. The minimum absolute atomic E-state index is 0.172. The minimum Gasteiger partial charge on any atom is -0.493 e. The molecule has 2 aromatic carbocycles. The van der Waals surface area contributed by atoms with Gasteiger partial charge in [-0.2, -0.15) is 0 Å². The van der Waals surface area contributed by atoms with Crippen LogP contribution in [0.3, 0.4) is 0 Å². The van der Waals surface area contributed by atoms with Crippen LogP contribution in [0.25, 0.3) is 0 Å². The van der Waals surface area contributed by atoms with E-state index in [9.17, 15) is 18.5 Å². The zero-order chi connectivity index (χ0) is 17.3. The van der Waals surface area contributed by atoms with Crippen molar-refractivity contribution in [3.05, 3.63) is 58.1 Å². The van der Waals surface area contributed by atoms with Crippen molar-refractivity contribution in [1.29, 1.82) is 0 Å². The van der Waals surface area contributed by atoms with Gasteiger partial charge in [0.15, 0.2) is 0 Å². The first-order valence-corrected chi connectivity index (χ1v) is 8.70. The second-order valence-corrected chi connectivity index (χ2v) is 6.91. The average Bonchev–Trinajstić information content (AvgIpc) is 2.54. The third-order valence-electron chi connectivity index (χ3n) is 3.78. The highest BCUT2D eigenvalue weighted by Gasteiger charge is 2.25. The maximum absolute atomic E-state index is 11.4. The van der Waals surface area contributed by atoms with Gasteiger partial charge in [0, 0.05) is 18.1 Å². The summed E-state index contributed by atoms with van der Waals surface area (Å²) in [5.74, 6) is 0.727. The summed E-state index contributed by atoms with van der Waals surface area (Å²) in [6.45, 7) is 0.484. The highest BCUT2D eigenvalue weighted by Crippen LogP contribution is 2.36. The average molecular weight is 349 g/mol. The molecule has 0 bridgehead atoms. The normalized spacial score (nSPS) is 16.8. The van der Waals surface area contributed by atoms with E-state index in [2.05, 4.69) is 5.32 Å². The van der Waals surface area contributed by atoms with Gasteiger partial charge >= 0.3 is 0 Å². The lowest BCUT2D eigenvalue weighted by atomic mass is 10.00. The van der Waals surface area contributed by atoms with Crippen LogP contribution in [-0.2, 0) is 10.0 Å². The van der Waals surface area contributed by atoms with Crippen LogP contribution in [0.5, 0.6) is 5.75 Å². The number of fused-ring (bicyclic) bond motifs is 1. The largest absolute Gasteiger partial charge is 0.493 e. The molecule has 9 heteroatoms. The van der Waals surface area contributed by atoms with Crippen LogP contribution < -0.4 is 15.2 Å². The molecule has 1 heterocycles. The summed E-state index contributed by atoms with van der Waals surface area (Å²) in [6.07, 6.45) is 0.630. The van der Waals surface area contributed by atoms with Gasteiger partial charge in [0.05, 0.1) is 22.5 Å². The van der Waals surface area contributed by atoms with Gasteiger partial charge in [-0.15, -0.1) is 0 Å². The number of rotatable bonds is 4. The highest BCUT2D eigenvalue weighted by molar-refractivity contribution is 7.89. The quantitative estimate of drug-likeness (QED) is 0.644. The molecule has 3 N–H and O–H groups in total. The van der Waals surface area contributed by atoms with Crippen molar-refractivity contribution >= 4 is 21.4 Å². The first-order valence-electron chi connectivity index (χ1n) is 7.16. The fourth-order valence-corrected chi connectivity index (χ4v) is 3.17. The Kier molecular flexibility index (Phi) is 4.12. The topological polar surface area (TPSA) is 125 Å². The van der Waals surface area contributed by atoms with E-state index in [1.54, 1.807) is 0 Å². The molecule has 0 spiro atoms. The van der Waals surface area contributed by atoms with Gasteiger partial charge in [-0.3, -0.25) is 10.1 Å². The van der Waals surface area contributed by atoms with Crippen LogP contribution >= 0.6 is 0 Å². The molecule has 0 fully saturated rings. The molecule has 126 valence electrons. The molecule has 0 aromatic heterocycles. The van der Waals surface area contributed by atoms with E-state index in [4.69, 9.17) is 9.88 Å². The van der Waals surface area contributed by atoms with Crippen molar-refractivity contribution < 1.29 is 18.1 Å². The SMILES string of the molecule is NS(=O)(=O)c1ccc(NC2CCOc3ccccc32)c([N+](=O)[O-])c1. The van der Waals surface area contributed by atoms with Gasteiger partial charge in [0.25, 0.3) is 5.69 Å². The molecule has 3 rings (SSSR count). The van der Waals surface area contributed by atoms with Crippen LogP contribution in [-0.4, -0.2) is 19.9 Å². The van der Waals surface area contributed by atoms with Gasteiger partial charge in [0.1, 0.15) is 11.4 Å². The van der Waals surface area contributed by atoms with Crippen molar-refractivity contribution in [2.45, 2.75) is 17.4 Å². The van der Waals surface area contributed by atoms with E-state index in [-0.39, 0.29) is 22.3 Å². The summed E-state index contributed by atoms with van der Waals surface area (Å²) < 4.78 is 28.3. The molecule has 2 aromatic rings. The third kappa shape index (κ3) is 3.17. The Labute approximate surface area is 138 Å². The number of nitro groups is 1. The maximum Gasteiger partial charge on any atom is 0.293 e. The second-order valence-electron chi connectivity index (χ2n) is 5.35. The Hall–Kier alpha value is -2.65. The van der Waals surface area contributed by atoms with Crippen molar-refractivity contribution in [1.82, 2.24) is 0 Å². The zero-order valence-corrected chi connectivity index (χ0v) is 13.3. The number of primary sulfonamides is 1. The first kappa shape index (κ1) is 16.2. The Morgan fingerprint density at radius 1 is 1.25 bits per heavy atom. The summed E-state index contributed by atoms with van der Waals surface area (Å²) in [7, 11) is -4.01. The number of hydrogen-bond donors (Lipinski definition) is 2. The van der Waals surface area contributed by atoms with Crippen LogP contribution in [0.1, 0.15) is 18.0 Å². The molecular weight excluding hydrogens is 334 g/mol. The van der Waals surface area contributed by atoms with Crippen LogP contribution in [0.2, 0.25) is 0 Å². The van der Waals surface area contributed by atoms with Gasteiger partial charge in [0.2, 0.25) is 10.0 Å². The van der Waals surface area contributed by atoms with Crippen LogP contribution in [0.4, 0.5) is 11.4 Å². The molecule has 1 unspecified atom stereocenters. The Balaban J connectivity index is 1.98. The Bertz CT molecular complexity index is 898. The molecule has 0 saturated heterocycles. The number of anilines is 1. The van der Waals surface area contributed by atoms with Crippen molar-refractivity contribution in [2.24, 2.45) is 5.14 Å². The molecule has 0 saturated carbocycles. The summed E-state index contributed by atoms with van der Waals surface area (Å²) in [4.78, 5) is 10.4. The van der Waals surface area contributed by atoms with E-state index < -0.39 is 14.9 Å². The summed E-state index contributed by atoms with van der Waals surface area (Å²) in [5, 5.41) is 19.4. The van der Waals surface area contributed by atoms with Gasteiger partial charge in [-0.05, 0) is 18.2 Å². The monoisotopic (exact) mass is 349 g/mol. The molecule has 24 heavy (non-hydrogen) atoms. The minimum atomic E-state index is -4.01. The smallest absolute Gasteiger partial charge is 0.293 e. The number of para-hydroxylation sites is 1. The standard InChI is InChI=1S/C15H15N3O5S/c16-24(21,22)10-5-6-13(14(9-10)18(19)20)17-12-7-8-23-15-4-2-1-3-11(12)15/h1-6,9,12,17H,7-8H2,(H2,16,21,22). The molecule has 1 atom stereocenters. The number of hydrogen-bond acceptors (Lipinski definition) is 6. The molecular formula is C15H15N3O5S. The molecule has 1 aliphatic heterocycles. The lowest BCUT2D eigenvalue weighted by Gasteiger charge is -2.27. The predicted molar refractivity (Wildman–Crippen MR) is 87.4 cm³/mol. The van der Waals surface area contributed by atoms with Crippen LogP contribution in [0, 0.1) is 10.1 Å². The lowest BCUT2D eigenvalue weighted by Crippen LogP contribution is -2.21. The number of ether oxygens (including phenoxy) is 1. The van der Waals surface area contributed by atoms with E-state index in [1.165, 1.54) is 12.1 Å². The summed E-state index contributed by atoms with van der Waals surface area (Å²) >= 11 is 0. The van der Waals surface area contributed by atoms with E-state index in [0.29, 0.717) is 13.0 Å². The molecule has 0 amide bonds. The van der Waals surface area contributed by atoms with Gasteiger partial charge in [-0.1, -0.05) is 18.2 Å². The second kappa shape index (κ2) is 6.10. The third-order valence-corrected chi connectivity index (χ3v) is 4.69. The zero-order valence-electron chi connectivity index (χ0n) is 12.5. The van der Waals surface area contributed by atoms with E-state index >= 15 is 0 Å². The fourth-order valence-electron chi connectivity index (χ4n) is 2.64. The first-order chi connectivity index (χ1) is 11.4. The van der Waals surface area contributed by atoms with Crippen molar-refractivity contribution in [3.8, 4) is 5.75 Å². The summed E-state index contributed by atoms with van der Waals surface area (Å²) in [6, 6.07) is 10.8. The molecule has 8 nitrogen and oxygen atoms in total. The maximum atomic E-state index is 11.4. The Morgan fingerprint density at radius 3 is 2.71 bits per heavy atom. The van der Waals surface area contributed by atoms with Crippen molar-refractivity contribution in [3.63, 3.8) is 0 Å². The molecule has 0 aliphatic carbocycles. The number of sulfonamides is 1. The van der Waals surface area contributed by atoms with Crippen molar-refractivity contribution in [2.75, 3.05) is 11.9 Å². The van der Waals surface area contributed by atoms with Gasteiger partial charge in [-0.25, -0.2) is 13.6 Å². The lowest BCUT2D eigenvalue weighted by molar-refractivity contribution is -0.384. The number of nitrogens with one attached hydrogen (secondary N) is 1. The molecule has 0 radical (unpaired) electrons. The number of nitrogens with zero attached hydrogens (tertiary/aromatic N) is 1. The Morgan fingerprint density at radius 2 is 2.00 bits per heavy atom. The summed E-state index contributed by atoms with van der Waals surface area (Å²) in [5.41, 5.74) is 0.785. The fraction of sp³-hybridized carbons (Fsp3) is 0.200. The number of nitro benzene ring substituents is 1. The van der Waals surface area contributed by atoms with Crippen LogP contribution in [0.15, 0.2) is 47.4 Å². The number of benzene rings is 2. The molecule has 1 aliphatic rings. The van der Waals surface area contributed by atoms with E-state index in [0.717, 1.165) is 17.4 Å². The van der Waals surface area contributed by atoms with Gasteiger partial charge < -0.3 is 10.1 Å². The highest BCUT2D eigenvalue weighted by atomic mass is 32.2.